The summed E-state index contributed by atoms with van der Waals surface area (Å²) in [6.07, 6.45) is 1.01. The first-order valence-electron chi connectivity index (χ1n) is 7.31. The van der Waals surface area contributed by atoms with E-state index in [1.54, 1.807) is 12.1 Å². The first-order valence-corrected chi connectivity index (χ1v) is 7.31. The van der Waals surface area contributed by atoms with Crippen molar-refractivity contribution in [2.24, 2.45) is 0 Å². The highest BCUT2D eigenvalue weighted by Gasteiger charge is 2.59. The van der Waals surface area contributed by atoms with Crippen molar-refractivity contribution in [3.05, 3.63) is 39.9 Å². The van der Waals surface area contributed by atoms with Crippen molar-refractivity contribution in [2.45, 2.75) is 57.1 Å². The Morgan fingerprint density at radius 3 is 2.14 bits per heavy atom. The quantitative estimate of drug-likeness (QED) is 0.485. The standard InChI is InChI=1S/C15H20BNO4/c1-14(2)15(3,4)21-16(20-14)13-9-12(13)10-5-7-11(8-6-10)17(18)19/h5-8,12-13H,9H2,1-4H3/t12-,13+/m1/s1. The molecule has 1 aliphatic heterocycles. The average molecular weight is 289 g/mol. The molecule has 0 radical (unpaired) electrons. The normalized spacial score (nSPS) is 29.4. The van der Waals surface area contributed by atoms with Crippen molar-refractivity contribution < 1.29 is 14.2 Å². The van der Waals surface area contributed by atoms with Gasteiger partial charge in [-0.05, 0) is 45.6 Å². The van der Waals surface area contributed by atoms with Crippen LogP contribution in [0, 0.1) is 10.1 Å². The number of benzene rings is 1. The minimum atomic E-state index is -0.373. The highest BCUT2D eigenvalue weighted by atomic mass is 16.7. The lowest BCUT2D eigenvalue weighted by Crippen LogP contribution is -2.41. The van der Waals surface area contributed by atoms with Crippen molar-refractivity contribution >= 4 is 12.8 Å². The van der Waals surface area contributed by atoms with E-state index in [2.05, 4.69) is 27.7 Å². The zero-order valence-electron chi connectivity index (χ0n) is 12.8. The molecule has 21 heavy (non-hydrogen) atoms. The van der Waals surface area contributed by atoms with Gasteiger partial charge >= 0.3 is 7.12 Å². The number of nitrogens with zero attached hydrogens (tertiary/aromatic N) is 1. The molecule has 1 aromatic rings. The summed E-state index contributed by atoms with van der Waals surface area (Å²) in [6.45, 7) is 8.21. The maximum atomic E-state index is 10.7. The summed E-state index contributed by atoms with van der Waals surface area (Å²) < 4.78 is 12.1. The number of nitro benzene ring substituents is 1. The van der Waals surface area contributed by atoms with Gasteiger partial charge in [0.15, 0.2) is 0 Å². The second-order valence-electron chi connectivity index (χ2n) is 6.98. The molecule has 1 aliphatic carbocycles. The molecular formula is C15H20BNO4. The van der Waals surface area contributed by atoms with Crippen LogP contribution >= 0.6 is 0 Å². The van der Waals surface area contributed by atoms with Crippen LogP contribution in [-0.2, 0) is 9.31 Å². The van der Waals surface area contributed by atoms with Gasteiger partial charge in [-0.1, -0.05) is 12.1 Å². The minimum Gasteiger partial charge on any atom is -0.403 e. The molecule has 0 amide bonds. The van der Waals surface area contributed by atoms with Crippen LogP contribution in [0.3, 0.4) is 0 Å². The van der Waals surface area contributed by atoms with Crippen molar-refractivity contribution in [1.29, 1.82) is 0 Å². The topological polar surface area (TPSA) is 61.6 Å². The van der Waals surface area contributed by atoms with E-state index in [-0.39, 0.29) is 28.9 Å². The Morgan fingerprint density at radius 1 is 1.14 bits per heavy atom. The minimum absolute atomic E-state index is 0.131. The Bertz CT molecular complexity index is 554. The molecule has 0 N–H and O–H groups in total. The van der Waals surface area contributed by atoms with Gasteiger partial charge in [-0.3, -0.25) is 10.1 Å². The van der Waals surface area contributed by atoms with E-state index in [0.717, 1.165) is 12.0 Å². The molecule has 1 saturated carbocycles. The van der Waals surface area contributed by atoms with Crippen molar-refractivity contribution in [2.75, 3.05) is 0 Å². The van der Waals surface area contributed by atoms with Gasteiger partial charge in [0.2, 0.25) is 0 Å². The van der Waals surface area contributed by atoms with E-state index in [0.29, 0.717) is 11.7 Å². The van der Waals surface area contributed by atoms with Crippen LogP contribution in [0.25, 0.3) is 0 Å². The molecule has 5 nitrogen and oxygen atoms in total. The summed E-state index contributed by atoms with van der Waals surface area (Å²) in [5.74, 6) is 0.716. The third kappa shape index (κ3) is 2.47. The molecule has 0 unspecified atom stereocenters. The first-order chi connectivity index (χ1) is 9.71. The fourth-order valence-electron chi connectivity index (χ4n) is 2.81. The molecule has 0 aromatic heterocycles. The van der Waals surface area contributed by atoms with Gasteiger partial charge < -0.3 is 9.31 Å². The molecule has 1 aromatic carbocycles. The Balaban J connectivity index is 1.69. The van der Waals surface area contributed by atoms with Crippen molar-refractivity contribution in [3.63, 3.8) is 0 Å². The van der Waals surface area contributed by atoms with E-state index in [1.807, 2.05) is 12.1 Å². The third-order valence-electron chi connectivity index (χ3n) is 4.99. The lowest BCUT2D eigenvalue weighted by molar-refractivity contribution is -0.384. The second-order valence-corrected chi connectivity index (χ2v) is 6.98. The molecular weight excluding hydrogens is 269 g/mol. The zero-order chi connectivity index (χ0) is 15.4. The van der Waals surface area contributed by atoms with Crippen LogP contribution in [0.1, 0.15) is 45.6 Å². The predicted molar refractivity (Wildman–Crippen MR) is 80.3 cm³/mol. The third-order valence-corrected chi connectivity index (χ3v) is 4.99. The molecule has 6 heteroatoms. The van der Waals surface area contributed by atoms with Gasteiger partial charge in [0.25, 0.3) is 5.69 Å². The van der Waals surface area contributed by atoms with Crippen molar-refractivity contribution in [3.8, 4) is 0 Å². The molecule has 112 valence electrons. The van der Waals surface area contributed by atoms with E-state index in [4.69, 9.17) is 9.31 Å². The summed E-state index contributed by atoms with van der Waals surface area (Å²) in [6, 6.07) is 6.81. The molecule has 2 aliphatic rings. The maximum Gasteiger partial charge on any atom is 0.461 e. The largest absolute Gasteiger partial charge is 0.461 e. The fraction of sp³-hybridized carbons (Fsp3) is 0.600. The van der Waals surface area contributed by atoms with Crippen LogP contribution < -0.4 is 0 Å². The SMILES string of the molecule is CC1(C)OB([C@H]2C[C@@H]2c2ccc([N+](=O)[O-])cc2)OC1(C)C. The van der Waals surface area contributed by atoms with E-state index >= 15 is 0 Å². The Morgan fingerprint density at radius 2 is 1.67 bits per heavy atom. The summed E-state index contributed by atoms with van der Waals surface area (Å²) >= 11 is 0. The maximum absolute atomic E-state index is 10.7. The van der Waals surface area contributed by atoms with Crippen LogP contribution in [-0.4, -0.2) is 23.2 Å². The average Bonchev–Trinajstić information content (AvgIpc) is 3.13. The lowest BCUT2D eigenvalue weighted by atomic mass is 9.79. The van der Waals surface area contributed by atoms with Gasteiger partial charge in [0, 0.05) is 17.9 Å². The van der Waals surface area contributed by atoms with E-state index < -0.39 is 0 Å². The summed E-state index contributed by atoms with van der Waals surface area (Å²) in [4.78, 5) is 10.3. The fourth-order valence-corrected chi connectivity index (χ4v) is 2.81. The lowest BCUT2D eigenvalue weighted by Gasteiger charge is -2.32. The molecule has 2 fully saturated rings. The van der Waals surface area contributed by atoms with Gasteiger partial charge in [0.1, 0.15) is 0 Å². The van der Waals surface area contributed by atoms with Gasteiger partial charge in [-0.25, -0.2) is 0 Å². The van der Waals surface area contributed by atoms with Crippen LogP contribution in [0.2, 0.25) is 5.82 Å². The number of hydrogen-bond acceptors (Lipinski definition) is 4. The zero-order valence-corrected chi connectivity index (χ0v) is 12.8. The van der Waals surface area contributed by atoms with Crippen LogP contribution in [0.4, 0.5) is 5.69 Å². The number of rotatable bonds is 3. The van der Waals surface area contributed by atoms with E-state index in [9.17, 15) is 10.1 Å². The highest BCUT2D eigenvalue weighted by molar-refractivity contribution is 6.49. The number of nitro groups is 1. The van der Waals surface area contributed by atoms with E-state index in [1.165, 1.54) is 0 Å². The monoisotopic (exact) mass is 289 g/mol. The summed E-state index contributed by atoms with van der Waals surface area (Å²) in [5.41, 5.74) is 0.646. The number of hydrogen-bond donors (Lipinski definition) is 0. The summed E-state index contributed by atoms with van der Waals surface area (Å²) in [5, 5.41) is 10.7. The molecule has 1 saturated heterocycles. The Kier molecular flexibility index (Phi) is 3.15. The number of non-ortho nitro benzene ring substituents is 1. The summed E-state index contributed by atoms with van der Waals surface area (Å²) in [7, 11) is -0.185. The van der Waals surface area contributed by atoms with Crippen LogP contribution in [0.15, 0.2) is 24.3 Å². The van der Waals surface area contributed by atoms with Crippen LogP contribution in [0.5, 0.6) is 0 Å². The second kappa shape index (κ2) is 4.55. The molecule has 0 bridgehead atoms. The van der Waals surface area contributed by atoms with Crippen molar-refractivity contribution in [1.82, 2.24) is 0 Å². The molecule has 0 spiro atoms. The molecule has 1 heterocycles. The Hall–Kier alpha value is -1.40. The van der Waals surface area contributed by atoms with Gasteiger partial charge in [0.05, 0.1) is 16.1 Å². The molecule has 3 rings (SSSR count). The first kappa shape index (κ1) is 14.5. The van der Waals surface area contributed by atoms with Gasteiger partial charge in [-0.2, -0.15) is 0 Å². The molecule has 2 atom stereocenters. The smallest absolute Gasteiger partial charge is 0.403 e. The predicted octanol–water partition coefficient (Wildman–Crippen LogP) is 3.54. The highest BCUT2D eigenvalue weighted by Crippen LogP contribution is 2.58. The van der Waals surface area contributed by atoms with Gasteiger partial charge in [-0.15, -0.1) is 0 Å². The Labute approximate surface area is 124 Å².